The van der Waals surface area contributed by atoms with Crippen LogP contribution in [0, 0.1) is 11.3 Å². The van der Waals surface area contributed by atoms with E-state index in [0.717, 1.165) is 6.54 Å². The number of piperidine rings is 2. The highest BCUT2D eigenvalue weighted by molar-refractivity contribution is 5.84. The summed E-state index contributed by atoms with van der Waals surface area (Å²) in [4.78, 5) is 29.2. The van der Waals surface area contributed by atoms with Gasteiger partial charge in [-0.2, -0.15) is 0 Å². The molecule has 26 heavy (non-hydrogen) atoms. The fraction of sp³-hybridized carbons (Fsp3) is 0.737. The van der Waals surface area contributed by atoms with E-state index >= 15 is 0 Å². The molecule has 1 aromatic rings. The fourth-order valence-corrected chi connectivity index (χ4v) is 4.41. The predicted molar refractivity (Wildman–Crippen MR) is 93.0 cm³/mol. The molecule has 1 aromatic heterocycles. The second kappa shape index (κ2) is 7.02. The minimum Gasteiger partial charge on any atom is -0.391 e. The topological polar surface area (TPSA) is 86.9 Å². The van der Waals surface area contributed by atoms with Crippen molar-refractivity contribution in [1.82, 2.24) is 15.0 Å². The van der Waals surface area contributed by atoms with Crippen LogP contribution in [0.3, 0.4) is 0 Å². The number of likely N-dealkylation sites (tertiary alicyclic amines) is 2. The predicted octanol–water partition coefficient (Wildman–Crippen LogP) is 1.22. The lowest BCUT2D eigenvalue weighted by Crippen LogP contribution is -2.58. The summed E-state index contributed by atoms with van der Waals surface area (Å²) in [6.07, 6.45) is 6.31. The minimum absolute atomic E-state index is 0.0925. The number of rotatable bonds is 5. The number of aromatic nitrogens is 1. The first-order valence-corrected chi connectivity index (χ1v) is 9.70. The second-order valence-corrected chi connectivity index (χ2v) is 8.15. The zero-order valence-corrected chi connectivity index (χ0v) is 15.1. The van der Waals surface area contributed by atoms with Gasteiger partial charge in [0.1, 0.15) is 5.76 Å². The van der Waals surface area contributed by atoms with Crippen LogP contribution >= 0.6 is 0 Å². The van der Waals surface area contributed by atoms with Gasteiger partial charge in [0.05, 0.1) is 17.7 Å². The molecule has 7 nitrogen and oxygen atoms in total. The lowest BCUT2D eigenvalue weighted by Gasteiger charge is -2.48. The molecule has 0 radical (unpaired) electrons. The van der Waals surface area contributed by atoms with E-state index in [2.05, 4.69) is 5.16 Å². The van der Waals surface area contributed by atoms with Gasteiger partial charge < -0.3 is 19.4 Å². The van der Waals surface area contributed by atoms with E-state index in [1.165, 1.54) is 12.8 Å². The molecule has 3 fully saturated rings. The lowest BCUT2D eigenvalue weighted by atomic mass is 9.70. The number of aliphatic hydroxyl groups excluding tert-OH is 1. The summed E-state index contributed by atoms with van der Waals surface area (Å²) in [6, 6.07) is 1.77. The van der Waals surface area contributed by atoms with Crippen LogP contribution in [0.15, 0.2) is 16.8 Å². The van der Waals surface area contributed by atoms with Crippen LogP contribution in [-0.2, 0) is 16.0 Å². The molecular weight excluding hydrogens is 334 g/mol. The van der Waals surface area contributed by atoms with Gasteiger partial charge >= 0.3 is 0 Å². The maximum atomic E-state index is 13.1. The molecule has 142 valence electrons. The zero-order valence-electron chi connectivity index (χ0n) is 15.1. The molecule has 2 amide bonds. The lowest BCUT2D eigenvalue weighted by molar-refractivity contribution is -0.159. The Morgan fingerprint density at radius 3 is 2.77 bits per heavy atom. The zero-order chi connectivity index (χ0) is 18.1. The van der Waals surface area contributed by atoms with Crippen molar-refractivity contribution in [2.45, 2.75) is 51.0 Å². The molecule has 1 spiro atoms. The molecule has 1 aliphatic carbocycles. The Kier molecular flexibility index (Phi) is 4.73. The maximum Gasteiger partial charge on any atom is 0.229 e. The first kappa shape index (κ1) is 17.5. The highest BCUT2D eigenvalue weighted by Gasteiger charge is 2.49. The van der Waals surface area contributed by atoms with E-state index < -0.39 is 11.5 Å². The Bertz CT molecular complexity index is 646. The van der Waals surface area contributed by atoms with Crippen molar-refractivity contribution in [3.05, 3.63) is 18.0 Å². The molecule has 3 heterocycles. The van der Waals surface area contributed by atoms with E-state index in [0.29, 0.717) is 63.4 Å². The van der Waals surface area contributed by atoms with Crippen LogP contribution in [0.1, 0.15) is 44.3 Å². The Morgan fingerprint density at radius 1 is 1.35 bits per heavy atom. The number of amides is 2. The van der Waals surface area contributed by atoms with E-state index in [1.807, 2.05) is 9.80 Å². The van der Waals surface area contributed by atoms with Gasteiger partial charge in [0.25, 0.3) is 0 Å². The standard InChI is InChI=1S/C19H27N3O4/c23-15-11-19(18(25)22(13-15)12-14-1-2-14)6-9-21(10-7-19)17(24)4-3-16-5-8-20-26-16/h5,8,14-15,23H,1-4,6-7,9-13H2. The molecule has 4 rings (SSSR count). The van der Waals surface area contributed by atoms with Crippen LogP contribution in [0.25, 0.3) is 0 Å². The average Bonchev–Trinajstić information content (AvgIpc) is 3.29. The molecule has 7 heteroatoms. The molecular formula is C19H27N3O4. The van der Waals surface area contributed by atoms with Crippen molar-refractivity contribution < 1.29 is 19.2 Å². The Balaban J connectivity index is 1.33. The summed E-state index contributed by atoms with van der Waals surface area (Å²) >= 11 is 0. The van der Waals surface area contributed by atoms with Crippen molar-refractivity contribution in [3.8, 4) is 0 Å². The first-order valence-electron chi connectivity index (χ1n) is 9.70. The number of hydrogen-bond acceptors (Lipinski definition) is 5. The van der Waals surface area contributed by atoms with Gasteiger partial charge in [-0.25, -0.2) is 0 Å². The molecule has 1 saturated carbocycles. The van der Waals surface area contributed by atoms with E-state index in [9.17, 15) is 14.7 Å². The monoisotopic (exact) mass is 361 g/mol. The highest BCUT2D eigenvalue weighted by Crippen LogP contribution is 2.42. The summed E-state index contributed by atoms with van der Waals surface area (Å²) in [5.74, 6) is 1.63. The van der Waals surface area contributed by atoms with Crippen LogP contribution in [0.2, 0.25) is 0 Å². The number of β-amino-alcohol motifs (C(OH)–C–C–N with tert-alkyl or cyclic N) is 1. The maximum absolute atomic E-state index is 13.1. The fourth-order valence-electron chi connectivity index (χ4n) is 4.41. The molecule has 0 aromatic carbocycles. The molecule has 3 aliphatic rings. The smallest absolute Gasteiger partial charge is 0.229 e. The van der Waals surface area contributed by atoms with E-state index in [-0.39, 0.29) is 11.8 Å². The number of carbonyl (C=O) groups is 2. The molecule has 0 bridgehead atoms. The van der Waals surface area contributed by atoms with Crippen molar-refractivity contribution in [2.24, 2.45) is 11.3 Å². The molecule has 1 atom stereocenters. The number of aryl methyl sites for hydroxylation is 1. The molecule has 2 saturated heterocycles. The van der Waals surface area contributed by atoms with Gasteiger partial charge in [0.15, 0.2) is 0 Å². The van der Waals surface area contributed by atoms with Crippen molar-refractivity contribution >= 4 is 11.8 Å². The molecule has 2 aliphatic heterocycles. The third-order valence-electron chi connectivity index (χ3n) is 6.12. The average molecular weight is 361 g/mol. The summed E-state index contributed by atoms with van der Waals surface area (Å²) in [5, 5.41) is 14.0. The van der Waals surface area contributed by atoms with Gasteiger partial charge in [0.2, 0.25) is 11.8 Å². The van der Waals surface area contributed by atoms with Gasteiger partial charge in [0, 0.05) is 45.1 Å². The van der Waals surface area contributed by atoms with Gasteiger partial charge in [-0.3, -0.25) is 9.59 Å². The number of aliphatic hydroxyl groups is 1. The largest absolute Gasteiger partial charge is 0.391 e. The Hall–Kier alpha value is -1.89. The second-order valence-electron chi connectivity index (χ2n) is 8.15. The van der Waals surface area contributed by atoms with Crippen LogP contribution in [-0.4, -0.2) is 64.2 Å². The van der Waals surface area contributed by atoms with Crippen LogP contribution in [0.5, 0.6) is 0 Å². The minimum atomic E-state index is -0.478. The number of carbonyl (C=O) groups excluding carboxylic acids is 2. The first-order chi connectivity index (χ1) is 12.6. The summed E-state index contributed by atoms with van der Waals surface area (Å²) in [5.41, 5.74) is -0.478. The highest BCUT2D eigenvalue weighted by atomic mass is 16.5. The van der Waals surface area contributed by atoms with Gasteiger partial charge in [-0.05, 0) is 38.0 Å². The van der Waals surface area contributed by atoms with Crippen LogP contribution in [0.4, 0.5) is 0 Å². The third kappa shape index (κ3) is 3.63. The number of nitrogens with zero attached hydrogens (tertiary/aromatic N) is 3. The van der Waals surface area contributed by atoms with Gasteiger partial charge in [-0.15, -0.1) is 0 Å². The summed E-state index contributed by atoms with van der Waals surface area (Å²) in [6.45, 7) is 2.43. The molecule has 1 N–H and O–H groups in total. The Labute approximate surface area is 153 Å². The van der Waals surface area contributed by atoms with Crippen molar-refractivity contribution in [1.29, 1.82) is 0 Å². The SMILES string of the molecule is O=C(CCc1ccno1)N1CCC2(CC1)CC(O)CN(CC1CC1)C2=O. The van der Waals surface area contributed by atoms with E-state index in [4.69, 9.17) is 4.52 Å². The molecule has 1 unspecified atom stereocenters. The van der Waals surface area contributed by atoms with Crippen molar-refractivity contribution in [2.75, 3.05) is 26.2 Å². The van der Waals surface area contributed by atoms with Gasteiger partial charge in [-0.1, -0.05) is 5.16 Å². The normalized spacial score (nSPS) is 25.7. The van der Waals surface area contributed by atoms with E-state index in [1.54, 1.807) is 12.3 Å². The summed E-state index contributed by atoms with van der Waals surface area (Å²) < 4.78 is 5.04. The third-order valence-corrected chi connectivity index (χ3v) is 6.12. The van der Waals surface area contributed by atoms with Crippen molar-refractivity contribution in [3.63, 3.8) is 0 Å². The Morgan fingerprint density at radius 2 is 2.12 bits per heavy atom. The quantitative estimate of drug-likeness (QED) is 0.852. The number of hydrogen-bond donors (Lipinski definition) is 1. The summed E-state index contributed by atoms with van der Waals surface area (Å²) in [7, 11) is 0. The van der Waals surface area contributed by atoms with Crippen LogP contribution < -0.4 is 0 Å².